The summed E-state index contributed by atoms with van der Waals surface area (Å²) in [6, 6.07) is 10.9. The zero-order chi connectivity index (χ0) is 20.5. The predicted molar refractivity (Wildman–Crippen MR) is 115 cm³/mol. The molecular weight excluding hydrogens is 440 g/mol. The van der Waals surface area contributed by atoms with Gasteiger partial charge in [0.05, 0.1) is 4.90 Å². The molecule has 0 bridgehead atoms. The number of sulfonamides is 1. The number of benzene rings is 2. The quantitative estimate of drug-likeness (QED) is 0.728. The van der Waals surface area contributed by atoms with Gasteiger partial charge in [-0.15, -0.1) is 0 Å². The summed E-state index contributed by atoms with van der Waals surface area (Å²) < 4.78 is 28.3. The van der Waals surface area contributed by atoms with Gasteiger partial charge in [0, 0.05) is 29.2 Å². The van der Waals surface area contributed by atoms with Gasteiger partial charge in [-0.3, -0.25) is 4.79 Å². The van der Waals surface area contributed by atoms with Crippen LogP contribution in [-0.4, -0.2) is 31.7 Å². The number of hydrogen-bond acceptors (Lipinski definition) is 3. The molecule has 0 spiro atoms. The standard InChI is InChI=1S/C21H25BrN2O3S/c1-14-4-6-19(13-15(14)2)28(26,27)24-10-8-17(9-11-24)21(25)23-20-7-5-18(22)12-16(20)3/h4-7,12-13,17H,8-11H2,1-3H3,(H,23,25). The Labute approximate surface area is 175 Å². The van der Waals surface area contributed by atoms with Crippen molar-refractivity contribution in [2.45, 2.75) is 38.5 Å². The molecule has 1 aliphatic heterocycles. The molecule has 1 aliphatic rings. The molecule has 0 atom stereocenters. The number of piperidine rings is 1. The molecule has 150 valence electrons. The Balaban J connectivity index is 1.64. The highest BCUT2D eigenvalue weighted by Crippen LogP contribution is 2.27. The first-order valence-corrected chi connectivity index (χ1v) is 11.6. The number of carbonyl (C=O) groups excluding carboxylic acids is 1. The summed E-state index contributed by atoms with van der Waals surface area (Å²) in [6.45, 7) is 6.52. The van der Waals surface area contributed by atoms with E-state index in [4.69, 9.17) is 0 Å². The fraction of sp³-hybridized carbons (Fsp3) is 0.381. The first-order chi connectivity index (χ1) is 13.2. The largest absolute Gasteiger partial charge is 0.326 e. The van der Waals surface area contributed by atoms with E-state index in [0.717, 1.165) is 26.9 Å². The van der Waals surface area contributed by atoms with E-state index in [1.807, 2.05) is 45.0 Å². The lowest BCUT2D eigenvalue weighted by molar-refractivity contribution is -0.120. The number of aryl methyl sites for hydroxylation is 3. The van der Waals surface area contributed by atoms with Crippen molar-refractivity contribution in [3.63, 3.8) is 0 Å². The van der Waals surface area contributed by atoms with Gasteiger partial charge in [0.25, 0.3) is 0 Å². The van der Waals surface area contributed by atoms with E-state index < -0.39 is 10.0 Å². The van der Waals surface area contributed by atoms with Gasteiger partial charge in [0.15, 0.2) is 0 Å². The third-order valence-corrected chi connectivity index (χ3v) is 7.78. The van der Waals surface area contributed by atoms with Crippen LogP contribution in [0.3, 0.4) is 0 Å². The first kappa shape index (κ1) is 21.0. The molecule has 5 nitrogen and oxygen atoms in total. The Kier molecular flexibility index (Phi) is 6.27. The molecule has 0 saturated carbocycles. The van der Waals surface area contributed by atoms with Crippen LogP contribution in [-0.2, 0) is 14.8 Å². The van der Waals surface area contributed by atoms with E-state index in [-0.39, 0.29) is 11.8 Å². The second-order valence-electron chi connectivity index (χ2n) is 7.37. The summed E-state index contributed by atoms with van der Waals surface area (Å²) in [5, 5.41) is 2.98. The molecule has 0 radical (unpaired) electrons. The van der Waals surface area contributed by atoms with Crippen LogP contribution in [0.2, 0.25) is 0 Å². The Morgan fingerprint density at radius 2 is 1.68 bits per heavy atom. The van der Waals surface area contributed by atoms with Gasteiger partial charge in [0.1, 0.15) is 0 Å². The van der Waals surface area contributed by atoms with Crippen molar-refractivity contribution in [2.75, 3.05) is 18.4 Å². The molecule has 3 rings (SSSR count). The van der Waals surface area contributed by atoms with Crippen LogP contribution in [0.1, 0.15) is 29.5 Å². The molecule has 1 amide bonds. The van der Waals surface area contributed by atoms with Crippen molar-refractivity contribution in [3.05, 3.63) is 57.6 Å². The summed E-state index contributed by atoms with van der Waals surface area (Å²) in [6.07, 6.45) is 1.04. The molecule has 28 heavy (non-hydrogen) atoms. The SMILES string of the molecule is Cc1ccc(S(=O)(=O)N2CCC(C(=O)Nc3ccc(Br)cc3C)CC2)cc1C. The molecule has 2 aromatic rings. The molecule has 2 aromatic carbocycles. The summed E-state index contributed by atoms with van der Waals surface area (Å²) >= 11 is 3.42. The first-order valence-electron chi connectivity index (χ1n) is 9.33. The highest BCUT2D eigenvalue weighted by atomic mass is 79.9. The Morgan fingerprint density at radius 1 is 1.00 bits per heavy atom. The Morgan fingerprint density at radius 3 is 2.29 bits per heavy atom. The molecule has 1 fully saturated rings. The number of hydrogen-bond donors (Lipinski definition) is 1. The molecule has 0 unspecified atom stereocenters. The molecule has 1 saturated heterocycles. The lowest BCUT2D eigenvalue weighted by atomic mass is 9.97. The van der Waals surface area contributed by atoms with Crippen LogP contribution in [0, 0.1) is 26.7 Å². The summed E-state index contributed by atoms with van der Waals surface area (Å²) in [5.41, 5.74) is 3.80. The molecule has 0 aliphatic carbocycles. The number of halogens is 1. The Bertz CT molecular complexity index is 997. The van der Waals surface area contributed by atoms with Crippen molar-refractivity contribution in [2.24, 2.45) is 5.92 Å². The van der Waals surface area contributed by atoms with Crippen molar-refractivity contribution in [1.82, 2.24) is 4.31 Å². The van der Waals surface area contributed by atoms with Gasteiger partial charge in [-0.05, 0) is 80.6 Å². The average Bonchev–Trinajstić information content (AvgIpc) is 2.66. The second-order valence-corrected chi connectivity index (χ2v) is 10.2. The summed E-state index contributed by atoms with van der Waals surface area (Å²) in [4.78, 5) is 12.9. The molecule has 7 heteroatoms. The van der Waals surface area contributed by atoms with Gasteiger partial charge in [-0.1, -0.05) is 22.0 Å². The third kappa shape index (κ3) is 4.47. The fourth-order valence-electron chi connectivity index (χ4n) is 3.38. The molecule has 0 aromatic heterocycles. The second kappa shape index (κ2) is 8.35. The van der Waals surface area contributed by atoms with E-state index in [9.17, 15) is 13.2 Å². The van der Waals surface area contributed by atoms with Crippen LogP contribution >= 0.6 is 15.9 Å². The number of nitrogens with zero attached hydrogens (tertiary/aromatic N) is 1. The van der Waals surface area contributed by atoms with E-state index >= 15 is 0 Å². The average molecular weight is 465 g/mol. The van der Waals surface area contributed by atoms with Crippen LogP contribution in [0.4, 0.5) is 5.69 Å². The van der Waals surface area contributed by atoms with Crippen LogP contribution in [0.25, 0.3) is 0 Å². The Hall–Kier alpha value is -1.70. The minimum atomic E-state index is -3.52. The van der Waals surface area contributed by atoms with E-state index in [1.54, 1.807) is 12.1 Å². The van der Waals surface area contributed by atoms with Gasteiger partial charge in [-0.2, -0.15) is 4.31 Å². The summed E-state index contributed by atoms with van der Waals surface area (Å²) in [5.74, 6) is -0.233. The van der Waals surface area contributed by atoms with Gasteiger partial charge in [0.2, 0.25) is 15.9 Å². The number of nitrogens with one attached hydrogen (secondary N) is 1. The maximum atomic E-state index is 12.9. The van der Waals surface area contributed by atoms with Crippen LogP contribution in [0.15, 0.2) is 45.8 Å². The fourth-order valence-corrected chi connectivity index (χ4v) is 5.41. The van der Waals surface area contributed by atoms with E-state index in [2.05, 4.69) is 21.2 Å². The van der Waals surface area contributed by atoms with Crippen LogP contribution in [0.5, 0.6) is 0 Å². The lowest BCUT2D eigenvalue weighted by Gasteiger charge is -2.30. The number of rotatable bonds is 4. The zero-order valence-electron chi connectivity index (χ0n) is 16.3. The van der Waals surface area contributed by atoms with Crippen molar-refractivity contribution in [3.8, 4) is 0 Å². The number of anilines is 1. The topological polar surface area (TPSA) is 66.5 Å². The molecule has 1 heterocycles. The monoisotopic (exact) mass is 464 g/mol. The van der Waals surface area contributed by atoms with E-state index in [1.165, 1.54) is 4.31 Å². The minimum Gasteiger partial charge on any atom is -0.326 e. The highest BCUT2D eigenvalue weighted by Gasteiger charge is 2.32. The molecule has 1 N–H and O–H groups in total. The maximum Gasteiger partial charge on any atom is 0.243 e. The smallest absolute Gasteiger partial charge is 0.243 e. The maximum absolute atomic E-state index is 12.9. The van der Waals surface area contributed by atoms with Gasteiger partial charge in [-0.25, -0.2) is 8.42 Å². The lowest BCUT2D eigenvalue weighted by Crippen LogP contribution is -2.41. The number of carbonyl (C=O) groups is 1. The minimum absolute atomic E-state index is 0.0475. The highest BCUT2D eigenvalue weighted by molar-refractivity contribution is 9.10. The van der Waals surface area contributed by atoms with Gasteiger partial charge >= 0.3 is 0 Å². The van der Waals surface area contributed by atoms with E-state index in [0.29, 0.717) is 30.8 Å². The third-order valence-electron chi connectivity index (χ3n) is 5.39. The predicted octanol–water partition coefficient (Wildman–Crippen LogP) is 4.41. The number of amides is 1. The van der Waals surface area contributed by atoms with Crippen molar-refractivity contribution >= 4 is 37.5 Å². The zero-order valence-corrected chi connectivity index (χ0v) is 18.7. The van der Waals surface area contributed by atoms with Crippen LogP contribution < -0.4 is 5.32 Å². The summed E-state index contributed by atoms with van der Waals surface area (Å²) in [7, 11) is -3.52. The molecular formula is C21H25BrN2O3S. The van der Waals surface area contributed by atoms with Gasteiger partial charge < -0.3 is 5.32 Å². The van der Waals surface area contributed by atoms with Crippen molar-refractivity contribution in [1.29, 1.82) is 0 Å². The normalized spacial score (nSPS) is 16.1. The van der Waals surface area contributed by atoms with Crippen molar-refractivity contribution < 1.29 is 13.2 Å².